The van der Waals surface area contributed by atoms with E-state index in [9.17, 15) is 10.1 Å². The zero-order valence-corrected chi connectivity index (χ0v) is 16.1. The maximum absolute atomic E-state index is 11.6. The van der Waals surface area contributed by atoms with E-state index in [0.717, 1.165) is 37.7 Å². The Labute approximate surface area is 160 Å². The molecule has 0 saturated heterocycles. The molecule has 2 unspecified atom stereocenters. The van der Waals surface area contributed by atoms with E-state index in [2.05, 4.69) is 11.4 Å². The molecular formula is C21H28N2O4. The normalized spacial score (nSPS) is 25.4. The number of ether oxygens (including phenoxy) is 3. The molecule has 1 aromatic rings. The fraction of sp³-hybridized carbons (Fsp3) is 0.619. The Morgan fingerprint density at radius 3 is 2.63 bits per heavy atom. The number of rotatable bonds is 5. The average molecular weight is 372 g/mol. The lowest BCUT2D eigenvalue weighted by Gasteiger charge is -2.36. The van der Waals surface area contributed by atoms with Gasteiger partial charge in [-0.2, -0.15) is 5.26 Å². The van der Waals surface area contributed by atoms with Crippen molar-refractivity contribution in [2.75, 3.05) is 14.2 Å². The molecule has 2 saturated carbocycles. The van der Waals surface area contributed by atoms with E-state index < -0.39 is 11.5 Å². The number of carbonyl (C=O) groups excluding carboxylic acids is 1. The first kappa shape index (κ1) is 19.3. The van der Waals surface area contributed by atoms with Gasteiger partial charge in [-0.05, 0) is 69.1 Å². The van der Waals surface area contributed by atoms with Crippen molar-refractivity contribution in [1.82, 2.24) is 5.32 Å². The highest BCUT2D eigenvalue weighted by Crippen LogP contribution is 2.42. The zero-order chi connectivity index (χ0) is 19.3. The number of nitriles is 1. The highest BCUT2D eigenvalue weighted by atomic mass is 16.5. The van der Waals surface area contributed by atoms with Gasteiger partial charge in [-0.25, -0.2) is 4.79 Å². The van der Waals surface area contributed by atoms with Crippen molar-refractivity contribution in [3.8, 4) is 17.6 Å². The molecule has 1 amide bonds. The molecule has 0 spiro atoms. The van der Waals surface area contributed by atoms with Crippen molar-refractivity contribution in [3.05, 3.63) is 23.8 Å². The van der Waals surface area contributed by atoms with Crippen molar-refractivity contribution < 1.29 is 19.0 Å². The number of nitrogens with one attached hydrogen (secondary N) is 1. The molecule has 0 radical (unpaired) electrons. The summed E-state index contributed by atoms with van der Waals surface area (Å²) >= 11 is 0. The zero-order valence-electron chi connectivity index (χ0n) is 16.1. The lowest BCUT2D eigenvalue weighted by Crippen LogP contribution is -2.43. The van der Waals surface area contributed by atoms with Crippen molar-refractivity contribution in [2.24, 2.45) is 0 Å². The molecule has 6 nitrogen and oxygen atoms in total. The Hall–Kier alpha value is -2.42. The van der Waals surface area contributed by atoms with Crippen LogP contribution in [0.3, 0.4) is 0 Å². The van der Waals surface area contributed by atoms with E-state index in [-0.39, 0.29) is 12.1 Å². The van der Waals surface area contributed by atoms with Gasteiger partial charge in [-0.3, -0.25) is 0 Å². The van der Waals surface area contributed by atoms with Gasteiger partial charge in [-0.15, -0.1) is 0 Å². The Balaban J connectivity index is 1.85. The third-order valence-corrected chi connectivity index (χ3v) is 5.78. The third-order valence-electron chi connectivity index (χ3n) is 5.78. The smallest absolute Gasteiger partial charge is 0.407 e. The molecule has 0 bridgehead atoms. The van der Waals surface area contributed by atoms with Gasteiger partial charge in [0.2, 0.25) is 0 Å². The molecule has 1 N–H and O–H groups in total. The first-order valence-corrected chi connectivity index (χ1v) is 9.71. The monoisotopic (exact) mass is 372 g/mol. The van der Waals surface area contributed by atoms with Gasteiger partial charge < -0.3 is 19.5 Å². The predicted octanol–water partition coefficient (Wildman–Crippen LogP) is 4.08. The molecule has 0 aromatic heterocycles. The molecule has 0 heterocycles. The van der Waals surface area contributed by atoms with Gasteiger partial charge in [-0.1, -0.05) is 6.07 Å². The van der Waals surface area contributed by atoms with Crippen LogP contribution in [0.2, 0.25) is 0 Å². The molecule has 146 valence electrons. The third kappa shape index (κ3) is 4.29. The molecule has 0 aliphatic heterocycles. The fourth-order valence-corrected chi connectivity index (χ4v) is 4.30. The number of nitrogens with zero attached hydrogens (tertiary/aromatic N) is 1. The van der Waals surface area contributed by atoms with Gasteiger partial charge in [0.25, 0.3) is 0 Å². The van der Waals surface area contributed by atoms with Gasteiger partial charge >= 0.3 is 6.09 Å². The standard InChI is InChI=1S/C21H28N2O4/c1-25-18-10-9-15(12-19(18)27-17-7-3-4-8-17)21(14-22)11-5-6-16(13-21)23-20(24)26-2/h9-10,12,16-17H,3-8,11,13H2,1-2H3,(H,23,24). The van der Waals surface area contributed by atoms with E-state index in [1.165, 1.54) is 20.0 Å². The van der Waals surface area contributed by atoms with Crippen molar-refractivity contribution in [2.45, 2.75) is 68.9 Å². The average Bonchev–Trinajstić information content (AvgIpc) is 3.21. The molecule has 3 rings (SSSR count). The van der Waals surface area contributed by atoms with Gasteiger partial charge in [0.1, 0.15) is 0 Å². The molecular weight excluding hydrogens is 344 g/mol. The van der Waals surface area contributed by atoms with Crippen LogP contribution >= 0.6 is 0 Å². The van der Waals surface area contributed by atoms with Crippen molar-refractivity contribution >= 4 is 6.09 Å². The number of hydrogen-bond acceptors (Lipinski definition) is 5. The highest BCUT2D eigenvalue weighted by Gasteiger charge is 2.39. The fourth-order valence-electron chi connectivity index (χ4n) is 4.30. The maximum Gasteiger partial charge on any atom is 0.407 e. The second kappa shape index (κ2) is 8.51. The largest absolute Gasteiger partial charge is 0.493 e. The minimum Gasteiger partial charge on any atom is -0.493 e. The number of carbonyl (C=O) groups is 1. The summed E-state index contributed by atoms with van der Waals surface area (Å²) in [6.45, 7) is 0. The van der Waals surface area contributed by atoms with Crippen molar-refractivity contribution in [1.29, 1.82) is 5.26 Å². The molecule has 2 atom stereocenters. The lowest BCUT2D eigenvalue weighted by molar-refractivity contribution is 0.159. The minimum atomic E-state index is -0.649. The van der Waals surface area contributed by atoms with Crippen LogP contribution < -0.4 is 14.8 Å². The number of benzene rings is 1. The summed E-state index contributed by atoms with van der Waals surface area (Å²) in [5, 5.41) is 12.9. The molecule has 27 heavy (non-hydrogen) atoms. The van der Waals surface area contributed by atoms with Crippen LogP contribution in [0.25, 0.3) is 0 Å². The minimum absolute atomic E-state index is 0.0767. The quantitative estimate of drug-likeness (QED) is 0.842. The molecule has 2 aliphatic carbocycles. The maximum atomic E-state index is 11.6. The summed E-state index contributed by atoms with van der Waals surface area (Å²) in [5.41, 5.74) is 0.277. The summed E-state index contributed by atoms with van der Waals surface area (Å²) in [5.74, 6) is 1.40. The Kier molecular flexibility index (Phi) is 6.10. The molecule has 6 heteroatoms. The molecule has 2 fully saturated rings. The van der Waals surface area contributed by atoms with Crippen LogP contribution in [-0.4, -0.2) is 32.5 Å². The van der Waals surface area contributed by atoms with Crippen molar-refractivity contribution in [3.63, 3.8) is 0 Å². The van der Waals surface area contributed by atoms with E-state index in [0.29, 0.717) is 17.9 Å². The van der Waals surface area contributed by atoms with Crippen LogP contribution in [0, 0.1) is 11.3 Å². The number of hydrogen-bond donors (Lipinski definition) is 1. The Bertz CT molecular complexity index is 709. The van der Waals surface area contributed by atoms with E-state index in [1.807, 2.05) is 18.2 Å². The summed E-state index contributed by atoms with van der Waals surface area (Å²) < 4.78 is 16.4. The lowest BCUT2D eigenvalue weighted by atomic mass is 9.68. The number of methoxy groups -OCH3 is 2. The topological polar surface area (TPSA) is 80.6 Å². The molecule has 1 aromatic carbocycles. The first-order chi connectivity index (χ1) is 13.1. The Morgan fingerprint density at radius 1 is 1.19 bits per heavy atom. The van der Waals surface area contributed by atoms with E-state index in [4.69, 9.17) is 14.2 Å². The van der Waals surface area contributed by atoms with Crippen LogP contribution in [0.1, 0.15) is 56.9 Å². The van der Waals surface area contributed by atoms with Crippen LogP contribution in [0.5, 0.6) is 11.5 Å². The van der Waals surface area contributed by atoms with Crippen LogP contribution in [0.15, 0.2) is 18.2 Å². The predicted molar refractivity (Wildman–Crippen MR) is 101 cm³/mol. The summed E-state index contributed by atoms with van der Waals surface area (Å²) in [6.07, 6.45) is 7.30. The SMILES string of the molecule is COC(=O)NC1CCCC(C#N)(c2ccc(OC)c(OC3CCCC3)c2)C1. The van der Waals surface area contributed by atoms with Gasteiger partial charge in [0.05, 0.1) is 31.8 Å². The second-order valence-corrected chi connectivity index (χ2v) is 7.51. The number of alkyl carbamates (subject to hydrolysis) is 1. The van der Waals surface area contributed by atoms with E-state index in [1.54, 1.807) is 7.11 Å². The first-order valence-electron chi connectivity index (χ1n) is 9.71. The summed E-state index contributed by atoms with van der Waals surface area (Å²) in [7, 11) is 2.99. The Morgan fingerprint density at radius 2 is 1.96 bits per heavy atom. The van der Waals surface area contributed by atoms with Gasteiger partial charge in [0, 0.05) is 6.04 Å². The summed E-state index contributed by atoms with van der Waals surface area (Å²) in [6, 6.07) is 8.24. The van der Waals surface area contributed by atoms with E-state index >= 15 is 0 Å². The highest BCUT2D eigenvalue weighted by molar-refractivity contribution is 5.67. The second-order valence-electron chi connectivity index (χ2n) is 7.51. The van der Waals surface area contributed by atoms with Crippen LogP contribution in [-0.2, 0) is 10.2 Å². The molecule has 2 aliphatic rings. The van der Waals surface area contributed by atoms with Gasteiger partial charge in [0.15, 0.2) is 11.5 Å². The number of amides is 1. The van der Waals surface area contributed by atoms with Crippen LogP contribution in [0.4, 0.5) is 4.79 Å². The summed E-state index contributed by atoms with van der Waals surface area (Å²) in [4.78, 5) is 11.6.